The Morgan fingerprint density at radius 1 is 1.04 bits per heavy atom. The Morgan fingerprint density at radius 3 is 2.41 bits per heavy atom. The maximum absolute atomic E-state index is 12.6. The van der Waals surface area contributed by atoms with Gasteiger partial charge < -0.3 is 14.5 Å². The molecule has 1 saturated heterocycles. The van der Waals surface area contributed by atoms with Gasteiger partial charge in [-0.25, -0.2) is 4.79 Å². The fourth-order valence-corrected chi connectivity index (χ4v) is 3.08. The van der Waals surface area contributed by atoms with Gasteiger partial charge in [0, 0.05) is 31.9 Å². The van der Waals surface area contributed by atoms with Crippen LogP contribution in [0.3, 0.4) is 0 Å². The topological polar surface area (TPSA) is 73.6 Å². The molecule has 6 heteroatoms. The highest BCUT2D eigenvalue weighted by atomic mass is 16.5. The summed E-state index contributed by atoms with van der Waals surface area (Å²) in [5.74, 6) is -0.802. The van der Waals surface area contributed by atoms with E-state index in [1.54, 1.807) is 30.0 Å². The van der Waals surface area contributed by atoms with E-state index in [1.807, 2.05) is 24.3 Å². The Bertz CT molecular complexity index is 852. The normalized spacial score (nSPS) is 15.0. The van der Waals surface area contributed by atoms with E-state index in [4.69, 9.17) is 10.00 Å². The molecule has 3 rings (SSSR count). The second kappa shape index (κ2) is 8.37. The van der Waals surface area contributed by atoms with Gasteiger partial charge in [-0.3, -0.25) is 4.79 Å². The Hall–Kier alpha value is -3.33. The molecule has 0 spiro atoms. The van der Waals surface area contributed by atoms with Crippen LogP contribution in [-0.4, -0.2) is 49.1 Å². The van der Waals surface area contributed by atoms with Crippen molar-refractivity contribution < 1.29 is 14.3 Å². The molecule has 0 radical (unpaired) electrons. The SMILES string of the molecule is C[C@@H](OC(=O)c1cccc(C#N)c1)C(=O)N1CCN(c2ccccc2)CC1. The molecule has 0 N–H and O–H groups in total. The lowest BCUT2D eigenvalue weighted by Gasteiger charge is -2.37. The molecule has 1 atom stereocenters. The first-order valence-electron chi connectivity index (χ1n) is 8.88. The first-order chi connectivity index (χ1) is 13.1. The van der Waals surface area contributed by atoms with Crippen LogP contribution in [0, 0.1) is 11.3 Å². The van der Waals surface area contributed by atoms with Crippen LogP contribution < -0.4 is 4.90 Å². The van der Waals surface area contributed by atoms with Gasteiger partial charge in [0.05, 0.1) is 17.2 Å². The highest BCUT2D eigenvalue weighted by Gasteiger charge is 2.27. The number of piperazine rings is 1. The first kappa shape index (κ1) is 18.5. The zero-order valence-corrected chi connectivity index (χ0v) is 15.2. The summed E-state index contributed by atoms with van der Waals surface area (Å²) in [6.45, 7) is 4.22. The fourth-order valence-electron chi connectivity index (χ4n) is 3.08. The number of carbonyl (C=O) groups is 2. The predicted octanol–water partition coefficient (Wildman–Crippen LogP) is 2.45. The monoisotopic (exact) mass is 363 g/mol. The van der Waals surface area contributed by atoms with Crippen molar-refractivity contribution in [1.82, 2.24) is 4.90 Å². The van der Waals surface area contributed by atoms with E-state index in [0.29, 0.717) is 18.7 Å². The summed E-state index contributed by atoms with van der Waals surface area (Å²) in [5, 5.41) is 8.92. The Morgan fingerprint density at radius 2 is 1.74 bits per heavy atom. The molecule has 2 aromatic carbocycles. The summed E-state index contributed by atoms with van der Waals surface area (Å²) in [6.07, 6.45) is -0.869. The van der Waals surface area contributed by atoms with Gasteiger partial charge in [-0.1, -0.05) is 24.3 Å². The van der Waals surface area contributed by atoms with Gasteiger partial charge in [0.15, 0.2) is 6.10 Å². The third-order valence-electron chi connectivity index (χ3n) is 4.57. The smallest absolute Gasteiger partial charge is 0.338 e. The molecule has 0 aromatic heterocycles. The van der Waals surface area contributed by atoms with E-state index < -0.39 is 12.1 Å². The number of ether oxygens (including phenoxy) is 1. The van der Waals surface area contributed by atoms with Gasteiger partial charge in [-0.15, -0.1) is 0 Å². The lowest BCUT2D eigenvalue weighted by atomic mass is 10.1. The van der Waals surface area contributed by atoms with Gasteiger partial charge in [0.1, 0.15) is 0 Å². The van der Waals surface area contributed by atoms with Crippen molar-refractivity contribution in [2.45, 2.75) is 13.0 Å². The summed E-state index contributed by atoms with van der Waals surface area (Å²) < 4.78 is 5.31. The molecule has 1 heterocycles. The van der Waals surface area contributed by atoms with Crippen molar-refractivity contribution in [1.29, 1.82) is 5.26 Å². The van der Waals surface area contributed by atoms with Crippen molar-refractivity contribution in [3.8, 4) is 6.07 Å². The number of benzene rings is 2. The van der Waals surface area contributed by atoms with Crippen LogP contribution >= 0.6 is 0 Å². The van der Waals surface area contributed by atoms with Crippen LogP contribution in [0.4, 0.5) is 5.69 Å². The summed E-state index contributed by atoms with van der Waals surface area (Å²) in [7, 11) is 0. The van der Waals surface area contributed by atoms with Gasteiger partial charge in [-0.2, -0.15) is 5.26 Å². The van der Waals surface area contributed by atoms with Gasteiger partial charge in [0.2, 0.25) is 0 Å². The molecule has 1 aliphatic rings. The summed E-state index contributed by atoms with van der Waals surface area (Å²) in [6, 6.07) is 18.3. The molecule has 0 bridgehead atoms. The number of nitriles is 1. The summed E-state index contributed by atoms with van der Waals surface area (Å²) in [4.78, 5) is 28.8. The Balaban J connectivity index is 1.55. The molecule has 138 valence electrons. The number of esters is 1. The average Bonchev–Trinajstić information content (AvgIpc) is 2.74. The minimum atomic E-state index is -0.869. The molecule has 1 fully saturated rings. The van der Waals surface area contributed by atoms with E-state index in [2.05, 4.69) is 17.0 Å². The first-order valence-corrected chi connectivity index (χ1v) is 8.88. The Labute approximate surface area is 158 Å². The van der Waals surface area contributed by atoms with E-state index in [0.717, 1.165) is 18.8 Å². The number of anilines is 1. The molecular formula is C21H21N3O3. The van der Waals surface area contributed by atoms with Crippen LogP contribution in [0.1, 0.15) is 22.8 Å². The summed E-state index contributed by atoms with van der Waals surface area (Å²) >= 11 is 0. The minimum Gasteiger partial charge on any atom is -0.449 e. The minimum absolute atomic E-state index is 0.201. The zero-order valence-electron chi connectivity index (χ0n) is 15.2. The van der Waals surface area contributed by atoms with E-state index >= 15 is 0 Å². The van der Waals surface area contributed by atoms with Gasteiger partial charge in [-0.05, 0) is 37.3 Å². The van der Waals surface area contributed by atoms with E-state index in [-0.39, 0.29) is 11.5 Å². The van der Waals surface area contributed by atoms with E-state index in [1.165, 1.54) is 6.07 Å². The molecule has 0 aliphatic carbocycles. The van der Waals surface area contributed by atoms with Crippen molar-refractivity contribution in [2.24, 2.45) is 0 Å². The molecule has 27 heavy (non-hydrogen) atoms. The van der Waals surface area contributed by atoms with Crippen LogP contribution in [-0.2, 0) is 9.53 Å². The fraction of sp³-hybridized carbons (Fsp3) is 0.286. The second-order valence-electron chi connectivity index (χ2n) is 6.39. The quantitative estimate of drug-likeness (QED) is 0.780. The highest BCUT2D eigenvalue weighted by Crippen LogP contribution is 2.16. The molecule has 1 amide bonds. The third kappa shape index (κ3) is 4.45. The predicted molar refractivity (Wildman–Crippen MR) is 101 cm³/mol. The largest absolute Gasteiger partial charge is 0.449 e. The second-order valence-corrected chi connectivity index (χ2v) is 6.39. The standard InChI is InChI=1S/C21H21N3O3/c1-16(27-21(26)18-7-5-6-17(14-18)15-22)20(25)24-12-10-23(11-13-24)19-8-3-2-4-9-19/h2-9,14,16H,10-13H2,1H3/t16-/m1/s1. The molecular weight excluding hydrogens is 342 g/mol. The third-order valence-corrected chi connectivity index (χ3v) is 4.57. The van der Waals surface area contributed by atoms with Gasteiger partial charge >= 0.3 is 5.97 Å². The molecule has 0 saturated carbocycles. The molecule has 0 unspecified atom stereocenters. The number of carbonyl (C=O) groups excluding carboxylic acids is 2. The number of nitrogens with zero attached hydrogens (tertiary/aromatic N) is 3. The van der Waals surface area contributed by atoms with Crippen LogP contribution in [0.2, 0.25) is 0 Å². The maximum Gasteiger partial charge on any atom is 0.338 e. The van der Waals surface area contributed by atoms with E-state index in [9.17, 15) is 9.59 Å². The number of hydrogen-bond acceptors (Lipinski definition) is 5. The summed E-state index contributed by atoms with van der Waals surface area (Å²) in [5.41, 5.74) is 1.78. The molecule has 6 nitrogen and oxygen atoms in total. The van der Waals surface area contributed by atoms with Crippen LogP contribution in [0.15, 0.2) is 54.6 Å². The number of para-hydroxylation sites is 1. The zero-order chi connectivity index (χ0) is 19.2. The van der Waals surface area contributed by atoms with Crippen molar-refractivity contribution in [3.05, 3.63) is 65.7 Å². The van der Waals surface area contributed by atoms with Crippen LogP contribution in [0.5, 0.6) is 0 Å². The van der Waals surface area contributed by atoms with Crippen molar-refractivity contribution in [3.63, 3.8) is 0 Å². The van der Waals surface area contributed by atoms with Crippen LogP contribution in [0.25, 0.3) is 0 Å². The Kier molecular flexibility index (Phi) is 5.72. The lowest BCUT2D eigenvalue weighted by molar-refractivity contribution is -0.140. The average molecular weight is 363 g/mol. The van der Waals surface area contributed by atoms with Crippen molar-refractivity contribution >= 4 is 17.6 Å². The molecule has 2 aromatic rings. The maximum atomic E-state index is 12.6. The highest BCUT2D eigenvalue weighted by molar-refractivity contribution is 5.92. The number of rotatable bonds is 4. The van der Waals surface area contributed by atoms with Crippen molar-refractivity contribution in [2.75, 3.05) is 31.1 Å². The number of amides is 1. The molecule has 1 aliphatic heterocycles. The lowest BCUT2D eigenvalue weighted by Crippen LogP contribution is -2.51. The van der Waals surface area contributed by atoms with Gasteiger partial charge in [0.25, 0.3) is 5.91 Å². The number of hydrogen-bond donors (Lipinski definition) is 0.